The number of nitrogens with zero attached hydrogens (tertiary/aromatic N) is 1. The van der Waals surface area contributed by atoms with Gasteiger partial charge in [-0.1, -0.05) is 13.8 Å². The summed E-state index contributed by atoms with van der Waals surface area (Å²) in [5.74, 6) is -0.165. The fraction of sp³-hybridized carbons (Fsp3) is 0.571. The molecule has 0 amide bonds. The van der Waals surface area contributed by atoms with Crippen LogP contribution in [0.2, 0.25) is 0 Å². The van der Waals surface area contributed by atoms with Crippen LogP contribution in [0.1, 0.15) is 25.8 Å². The van der Waals surface area contributed by atoms with E-state index < -0.39 is 0 Å². The molecular formula is C14H22FNO. The van der Waals surface area contributed by atoms with Gasteiger partial charge in [0.05, 0.1) is 6.61 Å². The lowest BCUT2D eigenvalue weighted by molar-refractivity contribution is 0.152. The number of hydrogen-bond donors (Lipinski definition) is 0. The Kier molecular flexibility index (Phi) is 5.98. The topological polar surface area (TPSA) is 12.5 Å². The Morgan fingerprint density at radius 2 is 1.94 bits per heavy atom. The van der Waals surface area contributed by atoms with Crippen LogP contribution in [0.4, 0.5) is 10.1 Å². The molecule has 0 N–H and O–H groups in total. The van der Waals surface area contributed by atoms with Crippen molar-refractivity contribution in [1.29, 1.82) is 0 Å². The van der Waals surface area contributed by atoms with Gasteiger partial charge in [-0.3, -0.25) is 0 Å². The molecule has 2 rings (SSSR count). The summed E-state index contributed by atoms with van der Waals surface area (Å²) >= 11 is 0. The Bertz CT molecular complexity index is 333. The molecule has 0 aromatic heterocycles. The van der Waals surface area contributed by atoms with E-state index in [1.165, 1.54) is 6.07 Å². The fourth-order valence-corrected chi connectivity index (χ4v) is 1.96. The zero-order valence-corrected chi connectivity index (χ0v) is 11.0. The maximum absolute atomic E-state index is 13.0. The monoisotopic (exact) mass is 239 g/mol. The summed E-state index contributed by atoms with van der Waals surface area (Å²) in [6.07, 6.45) is 1.04. The molecule has 0 spiro atoms. The summed E-state index contributed by atoms with van der Waals surface area (Å²) < 4.78 is 18.3. The van der Waals surface area contributed by atoms with E-state index >= 15 is 0 Å². The highest BCUT2D eigenvalue weighted by molar-refractivity contribution is 5.53. The fourth-order valence-electron chi connectivity index (χ4n) is 1.96. The van der Waals surface area contributed by atoms with Crippen LogP contribution >= 0.6 is 0 Å². The average Bonchev–Trinajstić information content (AvgIpc) is 2.60. The minimum absolute atomic E-state index is 0.165. The summed E-state index contributed by atoms with van der Waals surface area (Å²) in [7, 11) is 0. The second-order valence-corrected chi connectivity index (χ2v) is 3.88. The standard InChI is InChI=1S/C12H16FNO.C2H6/c1-10-9-11(13)3-4-12(10)14-5-2-7-15-8-6-14;1-2/h3-4,9H,2,5-8H2,1H3;1-2H3. The van der Waals surface area contributed by atoms with Gasteiger partial charge in [0.2, 0.25) is 0 Å². The van der Waals surface area contributed by atoms with Gasteiger partial charge in [-0.05, 0) is 37.1 Å². The maximum Gasteiger partial charge on any atom is 0.123 e. The largest absolute Gasteiger partial charge is 0.380 e. The van der Waals surface area contributed by atoms with Gasteiger partial charge in [0.15, 0.2) is 0 Å². The molecule has 0 radical (unpaired) electrons. The molecule has 17 heavy (non-hydrogen) atoms. The lowest BCUT2D eigenvalue weighted by atomic mass is 10.1. The smallest absolute Gasteiger partial charge is 0.123 e. The Labute approximate surface area is 103 Å². The first-order valence-electron chi connectivity index (χ1n) is 6.36. The van der Waals surface area contributed by atoms with Crippen molar-refractivity contribution in [1.82, 2.24) is 0 Å². The molecule has 0 atom stereocenters. The molecule has 0 bridgehead atoms. The third kappa shape index (κ3) is 4.00. The Hall–Kier alpha value is -1.09. The molecule has 1 aliphatic rings. The number of aryl methyl sites for hydroxylation is 1. The van der Waals surface area contributed by atoms with Gasteiger partial charge in [-0.2, -0.15) is 0 Å². The second-order valence-electron chi connectivity index (χ2n) is 3.88. The predicted octanol–water partition coefficient (Wildman–Crippen LogP) is 3.39. The van der Waals surface area contributed by atoms with Crippen LogP contribution in [0.25, 0.3) is 0 Å². The first-order chi connectivity index (χ1) is 8.27. The lowest BCUT2D eigenvalue weighted by Gasteiger charge is -2.23. The van der Waals surface area contributed by atoms with Crippen molar-refractivity contribution in [3.63, 3.8) is 0 Å². The molecule has 1 heterocycles. The van der Waals surface area contributed by atoms with E-state index in [0.29, 0.717) is 0 Å². The van der Waals surface area contributed by atoms with Crippen LogP contribution in [0.5, 0.6) is 0 Å². The molecule has 0 saturated carbocycles. The van der Waals surface area contributed by atoms with Crippen molar-refractivity contribution in [2.45, 2.75) is 27.2 Å². The van der Waals surface area contributed by atoms with E-state index in [2.05, 4.69) is 4.90 Å². The lowest BCUT2D eigenvalue weighted by Crippen LogP contribution is -2.26. The first kappa shape index (κ1) is 14.0. The zero-order chi connectivity index (χ0) is 12.7. The van der Waals surface area contributed by atoms with Crippen molar-refractivity contribution < 1.29 is 9.13 Å². The quantitative estimate of drug-likeness (QED) is 0.745. The Morgan fingerprint density at radius 1 is 1.18 bits per heavy atom. The summed E-state index contributed by atoms with van der Waals surface area (Å²) in [5, 5.41) is 0. The van der Waals surface area contributed by atoms with E-state index in [-0.39, 0.29) is 5.82 Å². The Morgan fingerprint density at radius 3 is 2.65 bits per heavy atom. The summed E-state index contributed by atoms with van der Waals surface area (Å²) in [5.41, 5.74) is 2.12. The number of benzene rings is 1. The van der Waals surface area contributed by atoms with Crippen molar-refractivity contribution >= 4 is 5.69 Å². The van der Waals surface area contributed by atoms with Crippen molar-refractivity contribution in [3.05, 3.63) is 29.6 Å². The molecule has 1 fully saturated rings. The van der Waals surface area contributed by atoms with Gasteiger partial charge in [0.25, 0.3) is 0 Å². The van der Waals surface area contributed by atoms with E-state index in [1.807, 2.05) is 26.8 Å². The van der Waals surface area contributed by atoms with Crippen LogP contribution < -0.4 is 4.90 Å². The van der Waals surface area contributed by atoms with Gasteiger partial charge in [-0.15, -0.1) is 0 Å². The molecule has 1 aliphatic heterocycles. The van der Waals surface area contributed by atoms with E-state index in [4.69, 9.17) is 4.74 Å². The van der Waals surface area contributed by atoms with Crippen LogP contribution in [0.3, 0.4) is 0 Å². The second kappa shape index (κ2) is 7.28. The molecule has 1 saturated heterocycles. The molecule has 1 aromatic carbocycles. The number of halogens is 1. The van der Waals surface area contributed by atoms with Crippen LogP contribution in [0.15, 0.2) is 18.2 Å². The van der Waals surface area contributed by atoms with Crippen molar-refractivity contribution in [3.8, 4) is 0 Å². The highest BCUT2D eigenvalue weighted by atomic mass is 19.1. The normalized spacial score (nSPS) is 15.9. The third-order valence-corrected chi connectivity index (χ3v) is 2.72. The molecule has 96 valence electrons. The van der Waals surface area contributed by atoms with E-state index in [9.17, 15) is 4.39 Å². The molecule has 0 unspecified atom stereocenters. The van der Waals surface area contributed by atoms with E-state index in [1.54, 1.807) is 6.07 Å². The van der Waals surface area contributed by atoms with Crippen LogP contribution in [0, 0.1) is 12.7 Å². The van der Waals surface area contributed by atoms with Gasteiger partial charge in [-0.25, -0.2) is 4.39 Å². The third-order valence-electron chi connectivity index (χ3n) is 2.72. The average molecular weight is 239 g/mol. The van der Waals surface area contributed by atoms with Gasteiger partial charge in [0.1, 0.15) is 5.82 Å². The van der Waals surface area contributed by atoms with Gasteiger partial charge in [0, 0.05) is 25.4 Å². The van der Waals surface area contributed by atoms with Crippen LogP contribution in [-0.4, -0.2) is 26.3 Å². The number of rotatable bonds is 1. The van der Waals surface area contributed by atoms with Gasteiger partial charge >= 0.3 is 0 Å². The first-order valence-corrected chi connectivity index (χ1v) is 6.36. The minimum atomic E-state index is -0.165. The number of ether oxygens (including phenoxy) is 1. The van der Waals surface area contributed by atoms with Crippen LogP contribution in [-0.2, 0) is 4.74 Å². The van der Waals surface area contributed by atoms with Crippen molar-refractivity contribution in [2.24, 2.45) is 0 Å². The van der Waals surface area contributed by atoms with E-state index in [0.717, 1.165) is 44.0 Å². The molecular weight excluding hydrogens is 217 g/mol. The molecule has 2 nitrogen and oxygen atoms in total. The summed E-state index contributed by atoms with van der Waals surface area (Å²) in [4.78, 5) is 2.27. The number of hydrogen-bond acceptors (Lipinski definition) is 2. The Balaban J connectivity index is 0.000000686. The maximum atomic E-state index is 13.0. The highest BCUT2D eigenvalue weighted by Crippen LogP contribution is 2.21. The summed E-state index contributed by atoms with van der Waals surface area (Å²) in [6, 6.07) is 4.96. The minimum Gasteiger partial charge on any atom is -0.380 e. The SMILES string of the molecule is CC.Cc1cc(F)ccc1N1CCCOCC1. The molecule has 0 aliphatic carbocycles. The van der Waals surface area contributed by atoms with Gasteiger partial charge < -0.3 is 9.64 Å². The van der Waals surface area contributed by atoms with Crippen molar-refractivity contribution in [2.75, 3.05) is 31.2 Å². The molecule has 1 aromatic rings. The zero-order valence-electron chi connectivity index (χ0n) is 11.0. The predicted molar refractivity (Wildman–Crippen MR) is 70.1 cm³/mol. The number of anilines is 1. The highest BCUT2D eigenvalue weighted by Gasteiger charge is 2.12. The summed E-state index contributed by atoms with van der Waals surface area (Å²) in [6.45, 7) is 9.43. The molecule has 3 heteroatoms.